The number of piperidine rings is 2. The fraction of sp³-hybridized carbons (Fsp3) is 0.535. The van der Waals surface area contributed by atoms with E-state index in [0.717, 1.165) is 129 Å². The first-order valence-electron chi connectivity index (χ1n) is 21.2. The molecule has 3 N–H and O–H groups in total. The van der Waals surface area contributed by atoms with E-state index >= 15 is 0 Å². The number of aliphatic hydroxyl groups is 1. The molecule has 0 bridgehead atoms. The van der Waals surface area contributed by atoms with Gasteiger partial charge in [-0.15, -0.1) is 0 Å². The molecule has 3 atom stereocenters. The molecule has 4 fully saturated rings. The highest BCUT2D eigenvalue weighted by Gasteiger charge is 2.44. The van der Waals surface area contributed by atoms with Crippen LogP contribution < -0.4 is 19.9 Å². The molecule has 59 heavy (non-hydrogen) atoms. The normalized spacial score (nSPS) is 23.7. The summed E-state index contributed by atoms with van der Waals surface area (Å²) in [4.78, 5) is 58.4. The van der Waals surface area contributed by atoms with Crippen LogP contribution in [0.25, 0.3) is 22.3 Å². The molecule has 0 radical (unpaired) electrons. The minimum absolute atomic E-state index is 0.0812. The highest BCUT2D eigenvalue weighted by atomic mass is 16.5. The number of nitrogens with one attached hydrogen (secondary N) is 2. The standard InChI is InChI=1S/C43H54N10O6/c1-27(2)59-30-4-6-35-34(22-30)40(48-47-35)36-23-38(45-26-44-36)52-19-20-58-31(25-52)11-12-49-15-17-50(18-16-49)24-28-9-13-51(14-10-28)29-3-5-32-33(21-29)43(57)53(42(32)56)37-7-8-39(54)46-41(37)55/h3-6,21-23,26-28,31,37,41,55H,7-20,24-25H2,1-2H3,(H,46,54)(H,47,48)/t31-,37?,41?/m0/s1. The molecule has 7 heterocycles. The number of carbonyl (C=O) groups excluding carboxylic acids is 3. The number of piperazine rings is 1. The second-order valence-electron chi connectivity index (χ2n) is 16.8. The number of aromatic nitrogens is 4. The second kappa shape index (κ2) is 16.8. The molecule has 9 rings (SSSR count). The molecule has 3 amide bonds. The topological polar surface area (TPSA) is 173 Å². The molecule has 0 saturated carbocycles. The maximum atomic E-state index is 13.4. The summed E-state index contributed by atoms with van der Waals surface area (Å²) < 4.78 is 12.2. The zero-order valence-electron chi connectivity index (χ0n) is 33.9. The van der Waals surface area contributed by atoms with Crippen LogP contribution >= 0.6 is 0 Å². The average molecular weight is 807 g/mol. The van der Waals surface area contributed by atoms with Crippen molar-refractivity contribution in [3.8, 4) is 17.1 Å². The molecular weight excluding hydrogens is 753 g/mol. The number of hydrogen-bond donors (Lipinski definition) is 3. The van der Waals surface area contributed by atoms with Crippen LogP contribution in [0.15, 0.2) is 48.8 Å². The zero-order valence-corrected chi connectivity index (χ0v) is 33.9. The number of H-pyrrole nitrogens is 1. The number of benzene rings is 2. The number of rotatable bonds is 11. The third-order valence-corrected chi connectivity index (χ3v) is 12.6. The van der Waals surface area contributed by atoms with Crippen LogP contribution in [0.4, 0.5) is 11.5 Å². The van der Waals surface area contributed by atoms with E-state index in [1.54, 1.807) is 12.4 Å². The predicted octanol–water partition coefficient (Wildman–Crippen LogP) is 3.13. The molecule has 5 aliphatic rings. The fourth-order valence-corrected chi connectivity index (χ4v) is 9.33. The third kappa shape index (κ3) is 8.36. The summed E-state index contributed by atoms with van der Waals surface area (Å²) in [5.41, 5.74) is 4.16. The smallest absolute Gasteiger partial charge is 0.262 e. The summed E-state index contributed by atoms with van der Waals surface area (Å²) in [5.74, 6) is 1.20. The van der Waals surface area contributed by atoms with Gasteiger partial charge in [-0.3, -0.25) is 24.4 Å². The quantitative estimate of drug-likeness (QED) is 0.189. The molecule has 4 saturated heterocycles. The molecule has 16 nitrogen and oxygen atoms in total. The van der Waals surface area contributed by atoms with Gasteiger partial charge in [-0.25, -0.2) is 9.97 Å². The number of aliphatic hydroxyl groups excluding tert-OH is 1. The van der Waals surface area contributed by atoms with E-state index in [0.29, 0.717) is 23.7 Å². The Morgan fingerprint density at radius 1 is 0.881 bits per heavy atom. The van der Waals surface area contributed by atoms with Gasteiger partial charge in [0.1, 0.15) is 29.8 Å². The lowest BCUT2D eigenvalue weighted by Crippen LogP contribution is -2.57. The number of imide groups is 1. The van der Waals surface area contributed by atoms with Crippen molar-refractivity contribution < 1.29 is 29.0 Å². The first-order chi connectivity index (χ1) is 28.7. The van der Waals surface area contributed by atoms with E-state index < -0.39 is 24.1 Å². The highest BCUT2D eigenvalue weighted by Crippen LogP contribution is 2.34. The van der Waals surface area contributed by atoms with Crippen molar-refractivity contribution >= 4 is 40.1 Å². The number of carbonyl (C=O) groups is 3. The van der Waals surface area contributed by atoms with Crippen molar-refractivity contribution in [3.63, 3.8) is 0 Å². The molecule has 5 aliphatic heterocycles. The Kier molecular flexibility index (Phi) is 11.2. The first kappa shape index (κ1) is 39.3. The summed E-state index contributed by atoms with van der Waals surface area (Å²) in [6.07, 6.45) is 4.10. The molecule has 0 spiro atoms. The number of ether oxygens (including phenoxy) is 2. The molecule has 312 valence electrons. The Labute approximate surface area is 343 Å². The summed E-state index contributed by atoms with van der Waals surface area (Å²) in [6.45, 7) is 14.4. The van der Waals surface area contributed by atoms with Crippen LogP contribution in [0, 0.1) is 5.92 Å². The van der Waals surface area contributed by atoms with Crippen molar-refractivity contribution in [3.05, 3.63) is 59.9 Å². The van der Waals surface area contributed by atoms with Crippen LogP contribution in [0.1, 0.15) is 66.7 Å². The SMILES string of the molecule is CC(C)Oc1ccc2[nH]nc(-c3cc(N4CCO[C@@H](CCN5CCN(CC6CCN(c7ccc8c(c7)C(=O)N(C7CCC(=O)NC7O)C8=O)CC6)CC5)C4)ncn3)c2c1. The zero-order chi connectivity index (χ0) is 40.6. The van der Waals surface area contributed by atoms with Gasteiger partial charge >= 0.3 is 0 Å². The maximum absolute atomic E-state index is 13.4. The average Bonchev–Trinajstić information content (AvgIpc) is 3.78. The molecule has 16 heteroatoms. The molecule has 0 aliphatic carbocycles. The van der Waals surface area contributed by atoms with Crippen LogP contribution in [0.2, 0.25) is 0 Å². The lowest BCUT2D eigenvalue weighted by Gasteiger charge is -2.40. The van der Waals surface area contributed by atoms with Gasteiger partial charge in [0.2, 0.25) is 5.91 Å². The minimum atomic E-state index is -1.26. The predicted molar refractivity (Wildman–Crippen MR) is 221 cm³/mol. The summed E-state index contributed by atoms with van der Waals surface area (Å²) in [7, 11) is 0. The van der Waals surface area contributed by atoms with Crippen LogP contribution in [0.5, 0.6) is 5.75 Å². The van der Waals surface area contributed by atoms with Crippen LogP contribution in [0.3, 0.4) is 0 Å². The highest BCUT2D eigenvalue weighted by molar-refractivity contribution is 6.22. The van der Waals surface area contributed by atoms with Gasteiger partial charge in [-0.2, -0.15) is 5.10 Å². The summed E-state index contributed by atoms with van der Waals surface area (Å²) >= 11 is 0. The van der Waals surface area contributed by atoms with Gasteiger partial charge in [-0.05, 0) is 81.8 Å². The molecule has 2 aromatic heterocycles. The number of hydrogen-bond acceptors (Lipinski definition) is 13. The van der Waals surface area contributed by atoms with Gasteiger partial charge in [-0.1, -0.05) is 0 Å². The van der Waals surface area contributed by atoms with E-state index in [2.05, 4.69) is 45.1 Å². The number of nitrogens with zero attached hydrogens (tertiary/aromatic N) is 8. The monoisotopic (exact) mass is 806 g/mol. The van der Waals surface area contributed by atoms with Gasteiger partial charge in [0, 0.05) is 89.0 Å². The Morgan fingerprint density at radius 2 is 1.68 bits per heavy atom. The Balaban J connectivity index is 0.718. The summed E-state index contributed by atoms with van der Waals surface area (Å²) in [5, 5.41) is 21.5. The Bertz CT molecular complexity index is 2180. The van der Waals surface area contributed by atoms with Crippen molar-refractivity contribution in [2.45, 2.75) is 70.4 Å². The molecular formula is C43H54N10O6. The van der Waals surface area contributed by atoms with E-state index in [4.69, 9.17) is 9.47 Å². The molecule has 2 aromatic carbocycles. The van der Waals surface area contributed by atoms with E-state index in [-0.39, 0.29) is 31.0 Å². The molecule has 2 unspecified atom stereocenters. The van der Waals surface area contributed by atoms with E-state index in [1.165, 1.54) is 0 Å². The van der Waals surface area contributed by atoms with E-state index in [9.17, 15) is 19.5 Å². The number of aromatic amines is 1. The van der Waals surface area contributed by atoms with E-state index in [1.807, 2.05) is 50.2 Å². The van der Waals surface area contributed by atoms with Crippen molar-refractivity contribution in [1.82, 2.24) is 40.2 Å². The largest absolute Gasteiger partial charge is 0.491 e. The third-order valence-electron chi connectivity index (χ3n) is 12.6. The minimum Gasteiger partial charge on any atom is -0.491 e. The van der Waals surface area contributed by atoms with Crippen molar-refractivity contribution in [2.24, 2.45) is 5.92 Å². The fourth-order valence-electron chi connectivity index (χ4n) is 9.33. The Hall–Kier alpha value is -5.16. The van der Waals surface area contributed by atoms with Gasteiger partial charge in [0.05, 0.1) is 47.2 Å². The van der Waals surface area contributed by atoms with Gasteiger partial charge in [0.25, 0.3) is 11.8 Å². The number of anilines is 2. The van der Waals surface area contributed by atoms with Gasteiger partial charge in [0.15, 0.2) is 0 Å². The van der Waals surface area contributed by atoms with Crippen molar-refractivity contribution in [1.29, 1.82) is 0 Å². The number of amides is 3. The number of morpholine rings is 1. The second-order valence-corrected chi connectivity index (χ2v) is 16.8. The lowest BCUT2D eigenvalue weighted by atomic mass is 9.95. The first-order valence-corrected chi connectivity index (χ1v) is 21.2. The van der Waals surface area contributed by atoms with Crippen molar-refractivity contribution in [2.75, 3.05) is 81.9 Å². The lowest BCUT2D eigenvalue weighted by molar-refractivity contribution is -0.129. The number of fused-ring (bicyclic) bond motifs is 2. The van der Waals surface area contributed by atoms with Crippen LogP contribution in [-0.2, 0) is 9.53 Å². The van der Waals surface area contributed by atoms with Crippen LogP contribution in [-0.4, -0.2) is 154 Å². The Morgan fingerprint density at radius 3 is 2.47 bits per heavy atom. The van der Waals surface area contributed by atoms with Gasteiger partial charge < -0.3 is 39.5 Å². The molecule has 4 aromatic rings. The summed E-state index contributed by atoms with van der Waals surface area (Å²) in [6, 6.07) is 12.7. The maximum Gasteiger partial charge on any atom is 0.262 e.